The first-order valence-electron chi connectivity index (χ1n) is 6.98. The van der Waals surface area contributed by atoms with Crippen LogP contribution < -0.4 is 10.6 Å². The zero-order valence-electron chi connectivity index (χ0n) is 10.9. The summed E-state index contributed by atoms with van der Waals surface area (Å²) in [6.45, 7) is 3.18. The van der Waals surface area contributed by atoms with E-state index in [0.29, 0.717) is 6.04 Å². The number of piperidine rings is 1. The Morgan fingerprint density at radius 2 is 2.00 bits per heavy atom. The fourth-order valence-corrected chi connectivity index (χ4v) is 2.49. The Labute approximate surface area is 104 Å². The maximum absolute atomic E-state index is 11.8. The van der Waals surface area contributed by atoms with Gasteiger partial charge in [-0.3, -0.25) is 0 Å². The van der Waals surface area contributed by atoms with Gasteiger partial charge in [-0.2, -0.15) is 0 Å². The van der Waals surface area contributed by atoms with Gasteiger partial charge in [0.1, 0.15) is 0 Å². The molecule has 2 N–H and O–H groups in total. The summed E-state index contributed by atoms with van der Waals surface area (Å²) in [5, 5.41) is 6.45. The van der Waals surface area contributed by atoms with Crippen LogP contribution in [0.4, 0.5) is 4.79 Å². The lowest BCUT2D eigenvalue weighted by Gasteiger charge is -2.30. The molecule has 1 aliphatic carbocycles. The van der Waals surface area contributed by atoms with E-state index in [0.717, 1.165) is 44.8 Å². The first-order chi connectivity index (χ1) is 8.25. The summed E-state index contributed by atoms with van der Waals surface area (Å²) >= 11 is 0. The van der Waals surface area contributed by atoms with Crippen LogP contribution in [0.25, 0.3) is 0 Å². The van der Waals surface area contributed by atoms with Crippen molar-refractivity contribution in [3.63, 3.8) is 0 Å². The Balaban J connectivity index is 1.61. The third-order valence-electron chi connectivity index (χ3n) is 4.11. The second-order valence-electron chi connectivity index (χ2n) is 5.48. The summed E-state index contributed by atoms with van der Waals surface area (Å²) in [5.41, 5.74) is 0. The largest absolute Gasteiger partial charge is 0.335 e. The number of hydrogen-bond acceptors (Lipinski definition) is 2. The maximum atomic E-state index is 11.8. The lowest BCUT2D eigenvalue weighted by Crippen LogP contribution is -2.46. The number of rotatable bonds is 4. The molecule has 0 spiro atoms. The minimum Gasteiger partial charge on any atom is -0.335 e. The lowest BCUT2D eigenvalue weighted by atomic mass is 9.93. The van der Waals surface area contributed by atoms with E-state index in [9.17, 15) is 4.79 Å². The predicted octanol–water partition coefficient (Wildman–Crippen LogP) is 1.57. The van der Waals surface area contributed by atoms with Gasteiger partial charge < -0.3 is 15.5 Å². The molecule has 1 aliphatic heterocycles. The van der Waals surface area contributed by atoms with Crippen LogP contribution in [0, 0.1) is 5.92 Å². The van der Waals surface area contributed by atoms with Crippen LogP contribution in [-0.4, -0.2) is 43.7 Å². The maximum Gasteiger partial charge on any atom is 0.317 e. The molecule has 0 bridgehead atoms. The van der Waals surface area contributed by atoms with E-state index in [4.69, 9.17) is 0 Å². The van der Waals surface area contributed by atoms with Crippen molar-refractivity contribution in [2.75, 3.05) is 26.7 Å². The number of urea groups is 1. The molecule has 98 valence electrons. The first-order valence-corrected chi connectivity index (χ1v) is 6.98. The van der Waals surface area contributed by atoms with Gasteiger partial charge in [0.25, 0.3) is 0 Å². The molecule has 2 aliphatic rings. The van der Waals surface area contributed by atoms with Crippen LogP contribution in [-0.2, 0) is 0 Å². The van der Waals surface area contributed by atoms with Crippen LogP contribution in [0.5, 0.6) is 0 Å². The Bertz CT molecular complexity index is 247. The fraction of sp³-hybridized carbons (Fsp3) is 0.923. The zero-order chi connectivity index (χ0) is 12.1. The molecule has 2 rings (SSSR count). The Hall–Kier alpha value is -0.770. The van der Waals surface area contributed by atoms with E-state index in [1.54, 1.807) is 0 Å². The van der Waals surface area contributed by atoms with Crippen molar-refractivity contribution in [2.45, 2.75) is 44.6 Å². The molecule has 4 nitrogen and oxygen atoms in total. The smallest absolute Gasteiger partial charge is 0.317 e. The molecule has 0 unspecified atom stereocenters. The van der Waals surface area contributed by atoms with Crippen LogP contribution in [0.2, 0.25) is 0 Å². The van der Waals surface area contributed by atoms with E-state index in [-0.39, 0.29) is 6.03 Å². The van der Waals surface area contributed by atoms with Gasteiger partial charge in [0, 0.05) is 19.6 Å². The van der Waals surface area contributed by atoms with Crippen molar-refractivity contribution in [2.24, 2.45) is 5.92 Å². The highest BCUT2D eigenvalue weighted by Gasteiger charge is 2.21. The molecular formula is C13H25N3O. The molecule has 1 saturated heterocycles. The minimum absolute atomic E-state index is 0.114. The van der Waals surface area contributed by atoms with E-state index in [2.05, 4.69) is 10.6 Å². The van der Waals surface area contributed by atoms with Crippen molar-refractivity contribution >= 4 is 6.03 Å². The monoisotopic (exact) mass is 239 g/mol. The van der Waals surface area contributed by atoms with Crippen LogP contribution in [0.3, 0.4) is 0 Å². The van der Waals surface area contributed by atoms with Gasteiger partial charge in [-0.25, -0.2) is 4.79 Å². The molecule has 0 atom stereocenters. The average molecular weight is 239 g/mol. The molecule has 1 heterocycles. The number of hydrogen-bond donors (Lipinski definition) is 2. The number of amides is 2. The second kappa shape index (κ2) is 6.24. The van der Waals surface area contributed by atoms with Crippen molar-refractivity contribution in [1.29, 1.82) is 0 Å². The summed E-state index contributed by atoms with van der Waals surface area (Å²) in [5.74, 6) is 0.801. The SMILES string of the molecule is CN(CCC1CCNCC1)C(=O)NC1CCC1. The van der Waals surface area contributed by atoms with Gasteiger partial charge in [-0.1, -0.05) is 0 Å². The minimum atomic E-state index is 0.114. The molecule has 0 aromatic rings. The number of nitrogens with one attached hydrogen (secondary N) is 2. The Morgan fingerprint density at radius 1 is 1.29 bits per heavy atom. The summed E-state index contributed by atoms with van der Waals surface area (Å²) in [6.07, 6.45) is 7.26. The molecule has 0 aromatic heterocycles. The van der Waals surface area contributed by atoms with Crippen molar-refractivity contribution in [3.05, 3.63) is 0 Å². The summed E-state index contributed by atoms with van der Waals surface area (Å²) in [6, 6.07) is 0.562. The van der Waals surface area contributed by atoms with Gasteiger partial charge >= 0.3 is 6.03 Å². The highest BCUT2D eigenvalue weighted by molar-refractivity contribution is 5.74. The van der Waals surface area contributed by atoms with Gasteiger partial charge in [0.15, 0.2) is 0 Å². The molecular weight excluding hydrogens is 214 g/mol. The topological polar surface area (TPSA) is 44.4 Å². The van der Waals surface area contributed by atoms with E-state index < -0.39 is 0 Å². The molecule has 0 aromatic carbocycles. The molecule has 2 amide bonds. The fourth-order valence-electron chi connectivity index (χ4n) is 2.49. The summed E-state index contributed by atoms with van der Waals surface area (Å²) in [4.78, 5) is 13.7. The van der Waals surface area contributed by atoms with Gasteiger partial charge in [-0.05, 0) is 57.5 Å². The van der Waals surface area contributed by atoms with E-state index >= 15 is 0 Å². The summed E-state index contributed by atoms with van der Waals surface area (Å²) in [7, 11) is 1.91. The van der Waals surface area contributed by atoms with E-state index in [1.165, 1.54) is 19.3 Å². The number of carbonyl (C=O) groups is 1. The van der Waals surface area contributed by atoms with Crippen molar-refractivity contribution in [3.8, 4) is 0 Å². The average Bonchev–Trinajstić information content (AvgIpc) is 2.32. The zero-order valence-corrected chi connectivity index (χ0v) is 10.9. The molecule has 17 heavy (non-hydrogen) atoms. The normalized spacial score (nSPS) is 21.9. The van der Waals surface area contributed by atoms with Crippen LogP contribution in [0.1, 0.15) is 38.5 Å². The van der Waals surface area contributed by atoms with Crippen molar-refractivity contribution in [1.82, 2.24) is 15.5 Å². The first kappa shape index (κ1) is 12.7. The van der Waals surface area contributed by atoms with Gasteiger partial charge in [0.05, 0.1) is 0 Å². The number of nitrogens with zero attached hydrogens (tertiary/aromatic N) is 1. The third kappa shape index (κ3) is 3.87. The van der Waals surface area contributed by atoms with Gasteiger partial charge in [0.2, 0.25) is 0 Å². The van der Waals surface area contributed by atoms with Crippen molar-refractivity contribution < 1.29 is 4.79 Å². The molecule has 1 saturated carbocycles. The van der Waals surface area contributed by atoms with Gasteiger partial charge in [-0.15, -0.1) is 0 Å². The predicted molar refractivity (Wildman–Crippen MR) is 69.0 cm³/mol. The quantitative estimate of drug-likeness (QED) is 0.782. The number of carbonyl (C=O) groups excluding carboxylic acids is 1. The Kier molecular flexibility index (Phi) is 4.66. The van der Waals surface area contributed by atoms with E-state index in [1.807, 2.05) is 11.9 Å². The van der Waals surface area contributed by atoms with Crippen LogP contribution >= 0.6 is 0 Å². The highest BCUT2D eigenvalue weighted by Crippen LogP contribution is 2.19. The van der Waals surface area contributed by atoms with Crippen LogP contribution in [0.15, 0.2) is 0 Å². The molecule has 2 fully saturated rings. The summed E-state index contributed by atoms with van der Waals surface area (Å²) < 4.78 is 0. The molecule has 4 heteroatoms. The lowest BCUT2D eigenvalue weighted by molar-refractivity contribution is 0.191. The molecule has 0 radical (unpaired) electrons. The standard InChI is InChI=1S/C13H25N3O/c1-16(13(17)15-12-3-2-4-12)10-7-11-5-8-14-9-6-11/h11-12,14H,2-10H2,1H3,(H,15,17). The Morgan fingerprint density at radius 3 is 2.59 bits per heavy atom. The third-order valence-corrected chi connectivity index (χ3v) is 4.11. The second-order valence-corrected chi connectivity index (χ2v) is 5.48. The highest BCUT2D eigenvalue weighted by atomic mass is 16.2.